The SMILES string of the molecule is COc1ccc(OC)c(CCCOCCCc2cc(OC)ccc2OC)c1. The van der Waals surface area contributed by atoms with E-state index in [0.29, 0.717) is 0 Å². The first-order valence-electron chi connectivity index (χ1n) is 9.21. The van der Waals surface area contributed by atoms with Gasteiger partial charge in [0.1, 0.15) is 23.0 Å². The summed E-state index contributed by atoms with van der Waals surface area (Å²) in [5.41, 5.74) is 2.28. The summed E-state index contributed by atoms with van der Waals surface area (Å²) in [4.78, 5) is 0. The van der Waals surface area contributed by atoms with Gasteiger partial charge in [0, 0.05) is 13.2 Å². The third kappa shape index (κ3) is 6.36. The molecular weight excluding hydrogens is 344 g/mol. The summed E-state index contributed by atoms with van der Waals surface area (Å²) >= 11 is 0. The van der Waals surface area contributed by atoms with E-state index in [1.165, 1.54) is 0 Å². The molecule has 0 aliphatic rings. The molecule has 5 nitrogen and oxygen atoms in total. The zero-order chi connectivity index (χ0) is 19.5. The molecule has 0 saturated carbocycles. The second kappa shape index (κ2) is 11.3. The minimum Gasteiger partial charge on any atom is -0.497 e. The van der Waals surface area contributed by atoms with Gasteiger partial charge in [-0.05, 0) is 73.2 Å². The monoisotopic (exact) mass is 374 g/mol. The Bertz CT molecular complexity index is 640. The van der Waals surface area contributed by atoms with Crippen molar-refractivity contribution in [1.82, 2.24) is 0 Å². The highest BCUT2D eigenvalue weighted by atomic mass is 16.5. The van der Waals surface area contributed by atoms with Crippen LogP contribution in [0.5, 0.6) is 23.0 Å². The van der Waals surface area contributed by atoms with Gasteiger partial charge >= 0.3 is 0 Å². The quantitative estimate of drug-likeness (QED) is 0.518. The van der Waals surface area contributed by atoms with E-state index >= 15 is 0 Å². The van der Waals surface area contributed by atoms with Gasteiger partial charge in [0.15, 0.2) is 0 Å². The molecule has 0 fully saturated rings. The molecule has 0 aliphatic carbocycles. The van der Waals surface area contributed by atoms with Crippen LogP contribution in [0.2, 0.25) is 0 Å². The first-order chi connectivity index (χ1) is 13.2. The Kier molecular flexibility index (Phi) is 8.78. The lowest BCUT2D eigenvalue weighted by Gasteiger charge is -2.11. The van der Waals surface area contributed by atoms with E-state index < -0.39 is 0 Å². The summed E-state index contributed by atoms with van der Waals surface area (Å²) in [6.45, 7) is 1.44. The van der Waals surface area contributed by atoms with Crippen LogP contribution in [0.3, 0.4) is 0 Å². The van der Waals surface area contributed by atoms with Crippen molar-refractivity contribution in [2.75, 3.05) is 41.7 Å². The van der Waals surface area contributed by atoms with E-state index in [-0.39, 0.29) is 0 Å². The molecule has 2 aromatic carbocycles. The summed E-state index contributed by atoms with van der Waals surface area (Å²) in [6.07, 6.45) is 3.66. The molecule has 148 valence electrons. The highest BCUT2D eigenvalue weighted by molar-refractivity contribution is 5.41. The fraction of sp³-hybridized carbons (Fsp3) is 0.455. The van der Waals surface area contributed by atoms with Gasteiger partial charge in [0.25, 0.3) is 0 Å². The molecule has 0 aromatic heterocycles. The van der Waals surface area contributed by atoms with Crippen molar-refractivity contribution in [3.63, 3.8) is 0 Å². The van der Waals surface area contributed by atoms with Crippen LogP contribution in [0, 0.1) is 0 Å². The van der Waals surface area contributed by atoms with E-state index in [0.717, 1.165) is 73.0 Å². The maximum absolute atomic E-state index is 5.79. The van der Waals surface area contributed by atoms with Gasteiger partial charge < -0.3 is 23.7 Å². The van der Waals surface area contributed by atoms with Crippen molar-refractivity contribution in [3.8, 4) is 23.0 Å². The molecule has 0 amide bonds. The molecule has 0 saturated heterocycles. The topological polar surface area (TPSA) is 46.2 Å². The minimum atomic E-state index is 0.718. The number of hydrogen-bond acceptors (Lipinski definition) is 5. The number of methoxy groups -OCH3 is 4. The van der Waals surface area contributed by atoms with Gasteiger partial charge in [0.2, 0.25) is 0 Å². The van der Waals surface area contributed by atoms with Gasteiger partial charge in [-0.3, -0.25) is 0 Å². The standard InChI is InChI=1S/C22H30O5/c1-23-19-9-11-21(25-3)17(15-19)7-5-13-27-14-6-8-18-16-20(24-2)10-12-22(18)26-4/h9-12,15-16H,5-8,13-14H2,1-4H3. The molecule has 0 heterocycles. The van der Waals surface area contributed by atoms with Crippen LogP contribution < -0.4 is 18.9 Å². The summed E-state index contributed by atoms with van der Waals surface area (Å²) < 4.78 is 27.2. The molecule has 2 rings (SSSR count). The number of hydrogen-bond donors (Lipinski definition) is 0. The van der Waals surface area contributed by atoms with Crippen LogP contribution in [0.15, 0.2) is 36.4 Å². The molecule has 0 bridgehead atoms. The van der Waals surface area contributed by atoms with Crippen LogP contribution >= 0.6 is 0 Å². The third-order valence-corrected chi connectivity index (χ3v) is 4.44. The van der Waals surface area contributed by atoms with Crippen molar-refractivity contribution in [1.29, 1.82) is 0 Å². The molecule has 0 spiro atoms. The van der Waals surface area contributed by atoms with Crippen LogP contribution in [0.4, 0.5) is 0 Å². The highest BCUT2D eigenvalue weighted by Gasteiger charge is 2.06. The smallest absolute Gasteiger partial charge is 0.122 e. The second-order valence-corrected chi connectivity index (χ2v) is 6.18. The highest BCUT2D eigenvalue weighted by Crippen LogP contribution is 2.26. The number of rotatable bonds is 12. The van der Waals surface area contributed by atoms with Crippen LogP contribution in [0.25, 0.3) is 0 Å². The zero-order valence-electron chi connectivity index (χ0n) is 16.7. The van der Waals surface area contributed by atoms with E-state index in [2.05, 4.69) is 0 Å². The molecular formula is C22H30O5. The summed E-state index contributed by atoms with van der Waals surface area (Å²) in [7, 11) is 6.72. The second-order valence-electron chi connectivity index (χ2n) is 6.18. The Morgan fingerprint density at radius 2 is 1.04 bits per heavy atom. The summed E-state index contributed by atoms with van der Waals surface area (Å²) in [5, 5.41) is 0. The number of benzene rings is 2. The maximum Gasteiger partial charge on any atom is 0.122 e. The largest absolute Gasteiger partial charge is 0.497 e. The van der Waals surface area contributed by atoms with Gasteiger partial charge in [0.05, 0.1) is 28.4 Å². The predicted octanol–water partition coefficient (Wildman–Crippen LogP) is 4.30. The molecule has 0 aliphatic heterocycles. The average Bonchev–Trinajstić information content (AvgIpc) is 2.72. The van der Waals surface area contributed by atoms with Crippen molar-refractivity contribution < 1.29 is 23.7 Å². The Hall–Kier alpha value is -2.40. The molecule has 0 N–H and O–H groups in total. The Morgan fingerprint density at radius 3 is 1.41 bits per heavy atom. The van der Waals surface area contributed by atoms with E-state index in [1.54, 1.807) is 28.4 Å². The number of ether oxygens (including phenoxy) is 5. The average molecular weight is 374 g/mol. The minimum absolute atomic E-state index is 0.718. The van der Waals surface area contributed by atoms with Crippen LogP contribution in [-0.4, -0.2) is 41.7 Å². The molecule has 27 heavy (non-hydrogen) atoms. The lowest BCUT2D eigenvalue weighted by atomic mass is 10.1. The fourth-order valence-electron chi connectivity index (χ4n) is 2.99. The Labute approximate surface area is 162 Å². The molecule has 2 aromatic rings. The van der Waals surface area contributed by atoms with Gasteiger partial charge in [-0.15, -0.1) is 0 Å². The fourth-order valence-corrected chi connectivity index (χ4v) is 2.99. The molecule has 5 heteroatoms. The van der Waals surface area contributed by atoms with Gasteiger partial charge in [-0.2, -0.15) is 0 Å². The normalized spacial score (nSPS) is 10.5. The molecule has 0 radical (unpaired) electrons. The van der Waals surface area contributed by atoms with Gasteiger partial charge in [-0.25, -0.2) is 0 Å². The number of aryl methyl sites for hydroxylation is 2. The predicted molar refractivity (Wildman–Crippen MR) is 107 cm³/mol. The lowest BCUT2D eigenvalue weighted by Crippen LogP contribution is -2.02. The van der Waals surface area contributed by atoms with Crippen molar-refractivity contribution in [3.05, 3.63) is 47.5 Å². The van der Waals surface area contributed by atoms with Crippen molar-refractivity contribution >= 4 is 0 Å². The van der Waals surface area contributed by atoms with Crippen LogP contribution in [-0.2, 0) is 17.6 Å². The van der Waals surface area contributed by atoms with E-state index in [1.807, 2.05) is 36.4 Å². The first-order valence-corrected chi connectivity index (χ1v) is 9.21. The Morgan fingerprint density at radius 1 is 0.593 bits per heavy atom. The van der Waals surface area contributed by atoms with Crippen molar-refractivity contribution in [2.24, 2.45) is 0 Å². The van der Waals surface area contributed by atoms with Gasteiger partial charge in [-0.1, -0.05) is 0 Å². The first kappa shape index (κ1) is 20.9. The summed E-state index contributed by atoms with van der Waals surface area (Å²) in [5.74, 6) is 3.47. The molecule has 0 atom stereocenters. The Balaban J connectivity index is 1.71. The summed E-state index contributed by atoms with van der Waals surface area (Å²) in [6, 6.07) is 11.7. The van der Waals surface area contributed by atoms with E-state index in [4.69, 9.17) is 23.7 Å². The maximum atomic E-state index is 5.79. The molecule has 0 unspecified atom stereocenters. The van der Waals surface area contributed by atoms with Crippen molar-refractivity contribution in [2.45, 2.75) is 25.7 Å². The third-order valence-electron chi connectivity index (χ3n) is 4.44. The zero-order valence-corrected chi connectivity index (χ0v) is 16.7. The lowest BCUT2D eigenvalue weighted by molar-refractivity contribution is 0.129. The van der Waals surface area contributed by atoms with Crippen LogP contribution in [0.1, 0.15) is 24.0 Å². The van der Waals surface area contributed by atoms with E-state index in [9.17, 15) is 0 Å².